The summed E-state index contributed by atoms with van der Waals surface area (Å²) < 4.78 is 62.1. The second-order valence-electron chi connectivity index (χ2n) is 8.33. The maximum atomic E-state index is 12.7. The highest BCUT2D eigenvalue weighted by Crippen LogP contribution is 2.45. The molecule has 2 aliphatic heterocycles. The molecule has 3 heterocycles. The zero-order chi connectivity index (χ0) is 22.7. The Morgan fingerprint density at radius 3 is 2.32 bits per heavy atom. The summed E-state index contributed by atoms with van der Waals surface area (Å²) in [7, 11) is -3.03. The lowest BCUT2D eigenvalue weighted by Gasteiger charge is -2.50. The number of alkyl halides is 3. The summed E-state index contributed by atoms with van der Waals surface area (Å²) in [5, 5.41) is 7.12. The Bertz CT molecular complexity index is 854. The number of aliphatic carboxylic acids is 1. The molecule has 0 amide bonds. The van der Waals surface area contributed by atoms with Gasteiger partial charge in [0.15, 0.2) is 9.84 Å². The number of carboxylic acid groups (broad SMARTS) is 1. The van der Waals surface area contributed by atoms with Crippen LogP contribution < -0.4 is 4.74 Å². The van der Waals surface area contributed by atoms with Gasteiger partial charge in [0.2, 0.25) is 0 Å². The molecule has 2 saturated heterocycles. The number of hydrogen-bond acceptors (Lipinski definition) is 7. The van der Waals surface area contributed by atoms with Crippen LogP contribution in [0.25, 0.3) is 0 Å². The summed E-state index contributed by atoms with van der Waals surface area (Å²) in [4.78, 5) is 19.3. The molecule has 1 aliphatic carbocycles. The molecule has 3 aliphatic rings. The molecule has 1 unspecified atom stereocenters. The summed E-state index contributed by atoms with van der Waals surface area (Å²) in [5.74, 6) is -1.66. The van der Waals surface area contributed by atoms with E-state index in [0.29, 0.717) is 32.1 Å². The van der Waals surface area contributed by atoms with Crippen LogP contribution in [0.3, 0.4) is 0 Å². The fraction of sp³-hybridized carbons (Fsp3) is 0.737. The zero-order valence-corrected chi connectivity index (χ0v) is 17.7. The van der Waals surface area contributed by atoms with Crippen LogP contribution in [0.4, 0.5) is 13.2 Å². The van der Waals surface area contributed by atoms with Crippen molar-refractivity contribution in [3.63, 3.8) is 0 Å². The van der Waals surface area contributed by atoms with Gasteiger partial charge in [-0.15, -0.1) is 0 Å². The molecule has 31 heavy (non-hydrogen) atoms. The highest BCUT2D eigenvalue weighted by molar-refractivity contribution is 7.93. The predicted octanol–water partition coefficient (Wildman–Crippen LogP) is 2.17. The molecule has 3 fully saturated rings. The van der Waals surface area contributed by atoms with Gasteiger partial charge >= 0.3 is 18.2 Å². The van der Waals surface area contributed by atoms with E-state index in [1.54, 1.807) is 18.5 Å². The lowest BCUT2D eigenvalue weighted by Crippen LogP contribution is -2.68. The normalized spacial score (nSPS) is 24.9. The minimum atomic E-state index is -5.08. The van der Waals surface area contributed by atoms with Crippen LogP contribution in [0.2, 0.25) is 0 Å². The molecule has 1 N–H and O–H groups in total. The molecule has 0 bridgehead atoms. The van der Waals surface area contributed by atoms with Crippen molar-refractivity contribution in [2.45, 2.75) is 43.0 Å². The minimum absolute atomic E-state index is 0.0473. The Labute approximate surface area is 178 Å². The molecule has 0 radical (unpaired) electrons. The largest absolute Gasteiger partial charge is 0.490 e. The molecule has 4 rings (SSSR count). The highest BCUT2D eigenvalue weighted by atomic mass is 32.2. The molecule has 1 spiro atoms. The van der Waals surface area contributed by atoms with E-state index < -0.39 is 26.7 Å². The van der Waals surface area contributed by atoms with E-state index in [4.69, 9.17) is 14.6 Å². The number of carbonyl (C=O) groups is 1. The van der Waals surface area contributed by atoms with E-state index in [0.717, 1.165) is 12.5 Å². The van der Waals surface area contributed by atoms with E-state index in [1.165, 1.54) is 25.7 Å². The third kappa shape index (κ3) is 5.46. The Kier molecular flexibility index (Phi) is 7.09. The Morgan fingerprint density at radius 1 is 1.19 bits per heavy atom. The number of aromatic nitrogens is 2. The molecule has 1 aromatic rings. The number of halogens is 3. The van der Waals surface area contributed by atoms with Gasteiger partial charge < -0.3 is 9.84 Å². The quantitative estimate of drug-likeness (QED) is 0.705. The number of carboxylic acids is 1. The molecule has 1 atom stereocenters. The average Bonchev–Trinajstić information content (AvgIpc) is 3.27. The second-order valence-corrected chi connectivity index (χ2v) is 10.8. The van der Waals surface area contributed by atoms with Crippen LogP contribution in [0.15, 0.2) is 18.5 Å². The topological polar surface area (TPSA) is 110 Å². The number of likely N-dealkylation sites (tertiary alicyclic amines) is 1. The van der Waals surface area contributed by atoms with E-state index in [1.807, 2.05) is 0 Å². The van der Waals surface area contributed by atoms with Gasteiger partial charge in [-0.1, -0.05) is 12.8 Å². The molecule has 12 heteroatoms. The van der Waals surface area contributed by atoms with Gasteiger partial charge in [0, 0.05) is 37.9 Å². The van der Waals surface area contributed by atoms with Gasteiger partial charge in [0.1, 0.15) is 4.75 Å². The standard InChI is InChI=1S/C17H25N3O3S.C2HF3O2/c21-24(22)9-6-15(11-23-16-18-7-3-8-19-16)17(24)12-20(13-17)10-14-4-1-2-5-14;3-2(4,5)1(6)7/h3,7-8,14-15H,1-2,4-6,9-13H2;(H,6,7). The molecule has 1 saturated carbocycles. The van der Waals surface area contributed by atoms with Gasteiger partial charge in [0.05, 0.1) is 12.4 Å². The Balaban J connectivity index is 0.000000339. The van der Waals surface area contributed by atoms with Crippen LogP contribution in [0.1, 0.15) is 32.1 Å². The maximum absolute atomic E-state index is 12.7. The Hall–Kier alpha value is -1.95. The van der Waals surface area contributed by atoms with Gasteiger partial charge in [-0.25, -0.2) is 23.2 Å². The number of nitrogens with zero attached hydrogens (tertiary/aromatic N) is 3. The average molecular weight is 465 g/mol. The van der Waals surface area contributed by atoms with Crippen molar-refractivity contribution in [2.75, 3.05) is 32.0 Å². The van der Waals surface area contributed by atoms with Gasteiger partial charge in [-0.3, -0.25) is 4.90 Å². The lowest BCUT2D eigenvalue weighted by molar-refractivity contribution is -0.192. The van der Waals surface area contributed by atoms with Crippen molar-refractivity contribution < 1.29 is 36.2 Å². The van der Waals surface area contributed by atoms with Crippen molar-refractivity contribution in [2.24, 2.45) is 11.8 Å². The SMILES string of the molecule is O=C(O)C(F)(F)F.O=S1(=O)CCC(COc2ncccn2)C12CN(CC1CCCC1)C2. The first-order valence-electron chi connectivity index (χ1n) is 10.2. The monoisotopic (exact) mass is 465 g/mol. The summed E-state index contributed by atoms with van der Waals surface area (Å²) >= 11 is 0. The summed E-state index contributed by atoms with van der Waals surface area (Å²) in [5.41, 5.74) is 0. The predicted molar refractivity (Wildman–Crippen MR) is 104 cm³/mol. The van der Waals surface area contributed by atoms with E-state index in [2.05, 4.69) is 14.9 Å². The maximum Gasteiger partial charge on any atom is 0.490 e. The molecule has 174 valence electrons. The number of ether oxygens (including phenoxy) is 1. The van der Waals surface area contributed by atoms with Crippen LogP contribution in [-0.2, 0) is 14.6 Å². The molecule has 8 nitrogen and oxygen atoms in total. The summed E-state index contributed by atoms with van der Waals surface area (Å²) in [6, 6.07) is 2.07. The molecular weight excluding hydrogens is 439 g/mol. The number of sulfone groups is 1. The van der Waals surface area contributed by atoms with Crippen molar-refractivity contribution >= 4 is 15.8 Å². The number of hydrogen-bond donors (Lipinski definition) is 1. The Morgan fingerprint density at radius 2 is 1.77 bits per heavy atom. The van der Waals surface area contributed by atoms with E-state index in [9.17, 15) is 21.6 Å². The first kappa shape index (κ1) is 23.7. The van der Waals surface area contributed by atoms with Gasteiger partial charge in [-0.2, -0.15) is 13.2 Å². The van der Waals surface area contributed by atoms with Crippen molar-refractivity contribution in [3.8, 4) is 6.01 Å². The first-order valence-corrected chi connectivity index (χ1v) is 11.8. The molecule has 1 aromatic heterocycles. The third-order valence-corrected chi connectivity index (χ3v) is 8.87. The van der Waals surface area contributed by atoms with Crippen LogP contribution in [0.5, 0.6) is 6.01 Å². The minimum Gasteiger partial charge on any atom is -0.475 e. The smallest absolute Gasteiger partial charge is 0.475 e. The van der Waals surface area contributed by atoms with E-state index >= 15 is 0 Å². The second kappa shape index (κ2) is 9.27. The first-order chi connectivity index (χ1) is 14.5. The fourth-order valence-electron chi connectivity index (χ4n) is 4.64. The zero-order valence-electron chi connectivity index (χ0n) is 16.9. The van der Waals surface area contributed by atoms with Crippen molar-refractivity contribution in [1.82, 2.24) is 14.9 Å². The van der Waals surface area contributed by atoms with E-state index in [-0.39, 0.29) is 11.7 Å². The molecular formula is C19H26F3N3O5S. The van der Waals surface area contributed by atoms with Crippen LogP contribution >= 0.6 is 0 Å². The van der Waals surface area contributed by atoms with Gasteiger partial charge in [0.25, 0.3) is 0 Å². The van der Waals surface area contributed by atoms with Crippen LogP contribution in [-0.4, -0.2) is 77.3 Å². The van der Waals surface area contributed by atoms with Crippen molar-refractivity contribution in [1.29, 1.82) is 0 Å². The fourth-order valence-corrected chi connectivity index (χ4v) is 7.09. The number of rotatable bonds is 5. The molecule has 0 aromatic carbocycles. The lowest BCUT2D eigenvalue weighted by atomic mass is 9.83. The summed E-state index contributed by atoms with van der Waals surface area (Å²) in [6.45, 7) is 2.80. The highest BCUT2D eigenvalue weighted by Gasteiger charge is 2.61. The van der Waals surface area contributed by atoms with Crippen LogP contribution in [0, 0.1) is 11.8 Å². The third-order valence-electron chi connectivity index (χ3n) is 6.27. The van der Waals surface area contributed by atoms with Crippen molar-refractivity contribution in [3.05, 3.63) is 18.5 Å². The summed E-state index contributed by atoms with van der Waals surface area (Å²) in [6.07, 6.45) is 4.13. The van der Waals surface area contributed by atoms with Gasteiger partial charge in [-0.05, 0) is 31.2 Å².